The summed E-state index contributed by atoms with van der Waals surface area (Å²) in [7, 11) is 0. The van der Waals surface area contributed by atoms with E-state index in [9.17, 15) is 4.79 Å². The molecule has 0 aromatic rings. The molecule has 2 saturated heterocycles. The van der Waals surface area contributed by atoms with Gasteiger partial charge < -0.3 is 10.2 Å². The molecule has 21 heavy (non-hydrogen) atoms. The van der Waals surface area contributed by atoms with Crippen molar-refractivity contribution in [1.29, 1.82) is 0 Å². The molecule has 0 radical (unpaired) electrons. The first kappa shape index (κ1) is 16.8. The van der Waals surface area contributed by atoms with Crippen molar-refractivity contribution in [2.45, 2.75) is 46.6 Å². The zero-order valence-electron chi connectivity index (χ0n) is 14.3. The highest BCUT2D eigenvalue weighted by Crippen LogP contribution is 2.26. The molecule has 122 valence electrons. The molecular formula is C17H33N3O. The Hall–Kier alpha value is -0.610. The lowest BCUT2D eigenvalue weighted by Gasteiger charge is -2.38. The molecule has 2 aliphatic heterocycles. The fraction of sp³-hybridized carbons (Fsp3) is 0.941. The van der Waals surface area contributed by atoms with Crippen molar-refractivity contribution in [3.8, 4) is 0 Å². The lowest BCUT2D eigenvalue weighted by molar-refractivity contribution is -0.134. The van der Waals surface area contributed by atoms with Crippen LogP contribution in [0.2, 0.25) is 0 Å². The van der Waals surface area contributed by atoms with Crippen LogP contribution in [0.25, 0.3) is 0 Å². The highest BCUT2D eigenvalue weighted by Gasteiger charge is 2.36. The number of likely N-dealkylation sites (tertiary alicyclic amines) is 1. The molecule has 0 bridgehead atoms. The second kappa shape index (κ2) is 7.59. The third-order valence-corrected chi connectivity index (χ3v) is 4.66. The quantitative estimate of drug-likeness (QED) is 0.812. The first-order chi connectivity index (χ1) is 9.97. The number of carbonyl (C=O) groups excluding carboxylic acids is 1. The van der Waals surface area contributed by atoms with E-state index in [1.54, 1.807) is 0 Å². The average molecular weight is 295 g/mol. The number of hydrogen-bond donors (Lipinski definition) is 1. The van der Waals surface area contributed by atoms with Crippen molar-refractivity contribution in [2.24, 2.45) is 17.8 Å². The predicted octanol–water partition coefficient (Wildman–Crippen LogP) is 1.81. The third-order valence-electron chi connectivity index (χ3n) is 4.66. The van der Waals surface area contributed by atoms with Crippen molar-refractivity contribution >= 4 is 5.91 Å². The maximum Gasteiger partial charge on any atom is 0.236 e. The van der Waals surface area contributed by atoms with Crippen LogP contribution >= 0.6 is 0 Å². The summed E-state index contributed by atoms with van der Waals surface area (Å²) in [5.74, 6) is 2.16. The summed E-state index contributed by atoms with van der Waals surface area (Å²) in [6, 6.07) is 0.586. The van der Waals surface area contributed by atoms with Gasteiger partial charge in [0.05, 0.1) is 6.54 Å². The Morgan fingerprint density at radius 3 is 2.48 bits per heavy atom. The molecule has 1 N–H and O–H groups in total. The second-order valence-electron chi connectivity index (χ2n) is 7.68. The molecular weight excluding hydrogens is 262 g/mol. The van der Waals surface area contributed by atoms with E-state index in [0.717, 1.165) is 38.6 Å². The normalized spacial score (nSPS) is 26.4. The van der Waals surface area contributed by atoms with Gasteiger partial charge in [-0.05, 0) is 43.7 Å². The molecule has 0 aromatic carbocycles. The van der Waals surface area contributed by atoms with E-state index in [4.69, 9.17) is 0 Å². The maximum atomic E-state index is 12.7. The van der Waals surface area contributed by atoms with E-state index >= 15 is 0 Å². The van der Waals surface area contributed by atoms with E-state index in [2.05, 4.69) is 42.8 Å². The fourth-order valence-electron chi connectivity index (χ4n) is 3.79. The molecule has 4 nitrogen and oxygen atoms in total. The average Bonchev–Trinajstić information content (AvgIpc) is 2.86. The molecule has 2 heterocycles. The molecule has 0 aliphatic carbocycles. The molecule has 2 rings (SSSR count). The molecule has 0 aromatic heterocycles. The number of carbonyl (C=O) groups is 1. The minimum absolute atomic E-state index is 0.324. The minimum atomic E-state index is 0.324. The van der Waals surface area contributed by atoms with Gasteiger partial charge in [0.1, 0.15) is 0 Å². The fourth-order valence-corrected chi connectivity index (χ4v) is 3.79. The third kappa shape index (κ3) is 4.68. The zero-order valence-corrected chi connectivity index (χ0v) is 14.3. The van der Waals surface area contributed by atoms with Gasteiger partial charge in [-0.15, -0.1) is 0 Å². The van der Waals surface area contributed by atoms with E-state index in [0.29, 0.717) is 30.3 Å². The number of piperidine rings is 1. The van der Waals surface area contributed by atoms with Crippen LogP contribution in [0.3, 0.4) is 0 Å². The lowest BCUT2D eigenvalue weighted by Crippen LogP contribution is -2.51. The Balaban J connectivity index is 1.93. The van der Waals surface area contributed by atoms with Crippen LogP contribution in [-0.2, 0) is 4.79 Å². The molecule has 1 amide bonds. The smallest absolute Gasteiger partial charge is 0.236 e. The minimum Gasteiger partial charge on any atom is -0.341 e. The summed E-state index contributed by atoms with van der Waals surface area (Å²) in [4.78, 5) is 17.3. The zero-order chi connectivity index (χ0) is 15.4. The van der Waals surface area contributed by atoms with Gasteiger partial charge in [0.15, 0.2) is 0 Å². The van der Waals surface area contributed by atoms with E-state index in [-0.39, 0.29) is 0 Å². The Labute approximate surface area is 130 Å². The molecule has 2 fully saturated rings. The molecule has 2 unspecified atom stereocenters. The molecule has 0 spiro atoms. The Bertz CT molecular complexity index is 333. The van der Waals surface area contributed by atoms with Crippen molar-refractivity contribution in [3.05, 3.63) is 0 Å². The van der Waals surface area contributed by atoms with Crippen LogP contribution in [0.1, 0.15) is 40.5 Å². The Kier molecular flexibility index (Phi) is 6.06. The van der Waals surface area contributed by atoms with Crippen LogP contribution in [0.15, 0.2) is 0 Å². The number of nitrogens with zero attached hydrogens (tertiary/aromatic N) is 2. The van der Waals surface area contributed by atoms with Crippen molar-refractivity contribution in [2.75, 3.05) is 39.3 Å². The number of rotatable bonds is 6. The van der Waals surface area contributed by atoms with Gasteiger partial charge in [-0.1, -0.05) is 27.7 Å². The lowest BCUT2D eigenvalue weighted by atomic mass is 9.92. The van der Waals surface area contributed by atoms with Crippen LogP contribution in [0.4, 0.5) is 0 Å². The monoisotopic (exact) mass is 295 g/mol. The van der Waals surface area contributed by atoms with Gasteiger partial charge >= 0.3 is 0 Å². The molecule has 2 aliphatic rings. The second-order valence-corrected chi connectivity index (χ2v) is 7.68. The highest BCUT2D eigenvalue weighted by atomic mass is 16.2. The van der Waals surface area contributed by atoms with Crippen LogP contribution < -0.4 is 5.32 Å². The first-order valence-electron chi connectivity index (χ1n) is 8.70. The first-order valence-corrected chi connectivity index (χ1v) is 8.70. The standard InChI is InChI=1S/C17H33N3O/c1-13(2)10-20(11-14(3)4)17(21)12-19-7-5-6-15-8-18-9-16(15)19/h13-16,18H,5-12H2,1-4H3. The number of amides is 1. The van der Waals surface area contributed by atoms with Gasteiger partial charge in [0, 0.05) is 25.7 Å². The summed E-state index contributed by atoms with van der Waals surface area (Å²) in [6.07, 6.45) is 2.56. The van der Waals surface area contributed by atoms with E-state index in [1.807, 2.05) is 0 Å². The van der Waals surface area contributed by atoms with Gasteiger partial charge in [0.2, 0.25) is 5.91 Å². The van der Waals surface area contributed by atoms with E-state index in [1.165, 1.54) is 12.8 Å². The van der Waals surface area contributed by atoms with Crippen LogP contribution in [0.5, 0.6) is 0 Å². The SMILES string of the molecule is CC(C)CN(CC(C)C)C(=O)CN1CCCC2CNCC21. The molecule has 0 saturated carbocycles. The van der Waals surface area contributed by atoms with Crippen molar-refractivity contribution in [3.63, 3.8) is 0 Å². The molecule has 2 atom stereocenters. The van der Waals surface area contributed by atoms with Crippen LogP contribution in [0, 0.1) is 17.8 Å². The highest BCUT2D eigenvalue weighted by molar-refractivity contribution is 5.78. The largest absolute Gasteiger partial charge is 0.341 e. The summed E-state index contributed by atoms with van der Waals surface area (Å²) in [5, 5.41) is 3.49. The number of nitrogens with one attached hydrogen (secondary N) is 1. The van der Waals surface area contributed by atoms with Gasteiger partial charge in [0.25, 0.3) is 0 Å². The van der Waals surface area contributed by atoms with E-state index < -0.39 is 0 Å². The summed E-state index contributed by atoms with van der Waals surface area (Å²) >= 11 is 0. The predicted molar refractivity (Wildman–Crippen MR) is 87.2 cm³/mol. The van der Waals surface area contributed by atoms with Crippen molar-refractivity contribution in [1.82, 2.24) is 15.1 Å². The Morgan fingerprint density at radius 1 is 1.19 bits per heavy atom. The number of fused-ring (bicyclic) bond motifs is 1. The van der Waals surface area contributed by atoms with Crippen molar-refractivity contribution < 1.29 is 4.79 Å². The van der Waals surface area contributed by atoms with Crippen LogP contribution in [-0.4, -0.2) is 61.0 Å². The Morgan fingerprint density at radius 2 is 1.86 bits per heavy atom. The maximum absolute atomic E-state index is 12.7. The van der Waals surface area contributed by atoms with Gasteiger partial charge in [-0.3, -0.25) is 9.69 Å². The summed E-state index contributed by atoms with van der Waals surface area (Å²) in [6.45, 7) is 14.4. The summed E-state index contributed by atoms with van der Waals surface area (Å²) in [5.41, 5.74) is 0. The van der Waals surface area contributed by atoms with Gasteiger partial charge in [-0.25, -0.2) is 0 Å². The van der Waals surface area contributed by atoms with Gasteiger partial charge in [-0.2, -0.15) is 0 Å². The number of hydrogen-bond acceptors (Lipinski definition) is 3. The summed E-state index contributed by atoms with van der Waals surface area (Å²) < 4.78 is 0. The topological polar surface area (TPSA) is 35.6 Å². The molecule has 4 heteroatoms.